The van der Waals surface area contributed by atoms with Crippen molar-refractivity contribution >= 4 is 46.0 Å². The molecule has 2 unspecified atom stereocenters. The minimum absolute atomic E-state index is 0.0848. The summed E-state index contributed by atoms with van der Waals surface area (Å²) in [7, 11) is 0. The van der Waals surface area contributed by atoms with Crippen LogP contribution in [0.3, 0.4) is 0 Å². The van der Waals surface area contributed by atoms with Crippen molar-refractivity contribution in [2.45, 2.75) is 50.2 Å². The van der Waals surface area contributed by atoms with Gasteiger partial charge in [-0.2, -0.15) is 0 Å². The number of hydrogen-bond donors (Lipinski definition) is 7. The van der Waals surface area contributed by atoms with Crippen molar-refractivity contribution in [1.29, 1.82) is 0 Å². The smallest absolute Gasteiger partial charge is 0.335 e. The van der Waals surface area contributed by atoms with Gasteiger partial charge in [0.25, 0.3) is 5.91 Å². The second-order valence-electron chi connectivity index (χ2n) is 9.71. The number of aliphatic hydroxyl groups is 3. The summed E-state index contributed by atoms with van der Waals surface area (Å²) in [4.78, 5) is 38.5. The number of amides is 1. The van der Waals surface area contributed by atoms with Crippen molar-refractivity contribution in [3.8, 4) is 0 Å². The number of alkyl halides is 1. The number of fused-ring (bicyclic) bond motifs is 1. The Morgan fingerprint density at radius 3 is 2.26 bits per heavy atom. The Hall–Kier alpha value is -3.10. The number of carbonyl (C=O) groups is 3. The summed E-state index contributed by atoms with van der Waals surface area (Å²) in [6.07, 6.45) is -2.37. The first-order chi connectivity index (χ1) is 17.5. The van der Waals surface area contributed by atoms with E-state index in [0.29, 0.717) is 49.1 Å². The lowest BCUT2D eigenvalue weighted by Gasteiger charge is -2.38. The number of nitrogens with one attached hydrogen (secondary N) is 1. The zero-order valence-corrected chi connectivity index (χ0v) is 21.7. The number of likely N-dealkylation sites (tertiary alicyclic amines) is 1. The SMILES string of the molecule is CC(C)(O)CN1CCC(F)(CNC(=O)c2cc(Cl)c(N)c3cccnc23)CC1.O=C(O)C(O)C(O)C(=O)O. The fraction of sp³-hybridized carbons (Fsp3) is 0.500. The predicted molar refractivity (Wildman–Crippen MR) is 137 cm³/mol. The lowest BCUT2D eigenvalue weighted by molar-refractivity contribution is -0.165. The van der Waals surface area contributed by atoms with E-state index in [1.165, 1.54) is 6.07 Å². The van der Waals surface area contributed by atoms with Gasteiger partial charge < -0.3 is 41.5 Å². The third-order valence-electron chi connectivity index (χ3n) is 5.86. The fourth-order valence-corrected chi connectivity index (χ4v) is 4.06. The van der Waals surface area contributed by atoms with Gasteiger partial charge in [0.1, 0.15) is 5.67 Å². The Morgan fingerprint density at radius 2 is 1.76 bits per heavy atom. The fourth-order valence-electron chi connectivity index (χ4n) is 3.85. The van der Waals surface area contributed by atoms with E-state index in [1.54, 1.807) is 32.2 Å². The maximum Gasteiger partial charge on any atom is 0.335 e. The largest absolute Gasteiger partial charge is 0.479 e. The Morgan fingerprint density at radius 1 is 1.21 bits per heavy atom. The Kier molecular flexibility index (Phi) is 10.3. The molecular formula is C24H32ClFN4O8. The molecule has 0 radical (unpaired) electrons. The van der Waals surface area contributed by atoms with Crippen LogP contribution in [0.4, 0.5) is 10.1 Å². The molecule has 1 fully saturated rings. The summed E-state index contributed by atoms with van der Waals surface area (Å²) in [6, 6.07) is 4.93. The van der Waals surface area contributed by atoms with Crippen LogP contribution >= 0.6 is 11.6 Å². The standard InChI is InChI=1S/C20H26ClFN4O2.C4H6O6/c1-19(2,28)12-26-8-5-20(22,6-9-26)11-25-18(27)14-10-15(21)16(23)13-4-3-7-24-17(13)14;5-1(3(7)8)2(6)4(9)10/h3-4,7,10,28H,5-6,8-9,11-12,23H2,1-2H3,(H,25,27);1-2,5-6H,(H,7,8)(H,9,10). The van der Waals surface area contributed by atoms with Gasteiger partial charge in [0.2, 0.25) is 0 Å². The van der Waals surface area contributed by atoms with E-state index >= 15 is 4.39 Å². The minimum atomic E-state index is -2.27. The monoisotopic (exact) mass is 558 g/mol. The van der Waals surface area contributed by atoms with Gasteiger partial charge in [-0.25, -0.2) is 14.0 Å². The number of carboxylic acids is 2. The number of aromatic nitrogens is 1. The summed E-state index contributed by atoms with van der Waals surface area (Å²) in [5.74, 6) is -3.97. The van der Waals surface area contributed by atoms with Gasteiger partial charge in [-0.05, 0) is 44.9 Å². The molecule has 2 atom stereocenters. The molecule has 1 amide bonds. The number of benzene rings is 1. The van der Waals surface area contributed by atoms with Gasteiger partial charge >= 0.3 is 11.9 Å². The normalized spacial score (nSPS) is 17.1. The van der Waals surface area contributed by atoms with E-state index in [1.807, 2.05) is 4.90 Å². The number of anilines is 1. The Labute approximate surface area is 222 Å². The highest BCUT2D eigenvalue weighted by atomic mass is 35.5. The van der Waals surface area contributed by atoms with Gasteiger partial charge in [-0.1, -0.05) is 11.6 Å². The molecular weight excluding hydrogens is 527 g/mol. The zero-order valence-electron chi connectivity index (χ0n) is 20.9. The highest BCUT2D eigenvalue weighted by Crippen LogP contribution is 2.31. The van der Waals surface area contributed by atoms with Gasteiger partial charge in [0.05, 0.1) is 33.9 Å². The highest BCUT2D eigenvalue weighted by Gasteiger charge is 2.36. The lowest BCUT2D eigenvalue weighted by Crippen LogP contribution is -2.50. The molecule has 3 rings (SSSR count). The molecule has 12 nitrogen and oxygen atoms in total. The molecule has 0 spiro atoms. The van der Waals surface area contributed by atoms with Gasteiger partial charge in [-0.3, -0.25) is 9.78 Å². The number of carbonyl (C=O) groups excluding carboxylic acids is 1. The van der Waals surface area contributed by atoms with Crippen molar-refractivity contribution in [2.24, 2.45) is 0 Å². The van der Waals surface area contributed by atoms with Crippen LogP contribution in [-0.2, 0) is 9.59 Å². The maximum atomic E-state index is 15.1. The van der Waals surface area contributed by atoms with Crippen molar-refractivity contribution < 1.29 is 44.3 Å². The first-order valence-electron chi connectivity index (χ1n) is 11.6. The number of nitrogens with two attached hydrogens (primary N) is 1. The van der Waals surface area contributed by atoms with Crippen LogP contribution in [0.25, 0.3) is 10.9 Å². The Balaban J connectivity index is 0.000000432. The average Bonchev–Trinajstić information content (AvgIpc) is 2.85. The van der Waals surface area contributed by atoms with Crippen molar-refractivity contribution in [2.75, 3.05) is 31.9 Å². The van der Waals surface area contributed by atoms with Gasteiger partial charge in [-0.15, -0.1) is 0 Å². The third kappa shape index (κ3) is 8.46. The number of β-amino-alcohol motifs (C(OH)–C–C–N with tert-alkyl or cyclic N) is 1. The molecule has 0 saturated carbocycles. The molecule has 2 aromatic rings. The van der Waals surface area contributed by atoms with E-state index in [9.17, 15) is 19.5 Å². The second kappa shape index (κ2) is 12.6. The van der Waals surface area contributed by atoms with Crippen LogP contribution in [0.1, 0.15) is 37.0 Å². The van der Waals surface area contributed by atoms with Gasteiger partial charge in [0.15, 0.2) is 12.2 Å². The number of nitrogen functional groups attached to an aromatic ring is 1. The summed E-state index contributed by atoms with van der Waals surface area (Å²) in [6.45, 7) is 4.96. The van der Waals surface area contributed by atoms with Crippen LogP contribution in [0, 0.1) is 0 Å². The van der Waals surface area contributed by atoms with Crippen molar-refractivity contribution in [1.82, 2.24) is 15.2 Å². The van der Waals surface area contributed by atoms with E-state index < -0.39 is 41.3 Å². The number of rotatable bonds is 8. The zero-order chi connectivity index (χ0) is 28.8. The summed E-state index contributed by atoms with van der Waals surface area (Å²) in [5, 5.41) is 46.0. The molecule has 1 aliphatic heterocycles. The molecule has 2 heterocycles. The van der Waals surface area contributed by atoms with E-state index in [0.717, 1.165) is 0 Å². The molecule has 14 heteroatoms. The molecule has 210 valence electrons. The van der Waals surface area contributed by atoms with Crippen LogP contribution < -0.4 is 11.1 Å². The molecule has 1 aromatic heterocycles. The lowest BCUT2D eigenvalue weighted by atomic mass is 9.92. The van der Waals surface area contributed by atoms with E-state index in [4.69, 9.17) is 37.8 Å². The van der Waals surface area contributed by atoms with E-state index in [2.05, 4.69) is 10.3 Å². The van der Waals surface area contributed by atoms with Crippen LogP contribution in [0.15, 0.2) is 24.4 Å². The first-order valence-corrected chi connectivity index (χ1v) is 12.0. The summed E-state index contributed by atoms with van der Waals surface area (Å²) >= 11 is 6.15. The molecule has 0 bridgehead atoms. The summed E-state index contributed by atoms with van der Waals surface area (Å²) in [5.41, 5.74) is 4.76. The quantitative estimate of drug-likeness (QED) is 0.224. The number of halogens is 2. The highest BCUT2D eigenvalue weighted by molar-refractivity contribution is 6.35. The number of aliphatic hydroxyl groups excluding tert-OH is 2. The number of carboxylic acid groups (broad SMARTS) is 2. The number of hydrogen-bond acceptors (Lipinski definition) is 9. The van der Waals surface area contributed by atoms with Crippen LogP contribution in [0.2, 0.25) is 5.02 Å². The number of pyridine rings is 1. The van der Waals surface area contributed by atoms with Crippen molar-refractivity contribution in [3.05, 3.63) is 35.0 Å². The van der Waals surface area contributed by atoms with E-state index in [-0.39, 0.29) is 17.1 Å². The molecule has 8 N–H and O–H groups in total. The maximum absolute atomic E-state index is 15.1. The topological polar surface area (TPSA) is 207 Å². The Bertz CT molecular complexity index is 1150. The van der Waals surface area contributed by atoms with Gasteiger partial charge in [0, 0.05) is 31.2 Å². The average molecular weight is 559 g/mol. The molecule has 1 saturated heterocycles. The van der Waals surface area contributed by atoms with Crippen LogP contribution in [0.5, 0.6) is 0 Å². The first kappa shape index (κ1) is 31.1. The number of piperidine rings is 1. The van der Waals surface area contributed by atoms with Crippen molar-refractivity contribution in [3.63, 3.8) is 0 Å². The minimum Gasteiger partial charge on any atom is -0.479 e. The molecule has 1 aromatic carbocycles. The number of nitrogens with zero attached hydrogens (tertiary/aromatic N) is 2. The number of aliphatic carboxylic acids is 2. The summed E-state index contributed by atoms with van der Waals surface area (Å²) < 4.78 is 15.1. The predicted octanol–water partition coefficient (Wildman–Crippen LogP) is 0.653. The molecule has 0 aliphatic carbocycles. The third-order valence-corrected chi connectivity index (χ3v) is 6.17. The second-order valence-corrected chi connectivity index (χ2v) is 10.1. The van der Waals surface area contributed by atoms with Crippen LogP contribution in [-0.4, -0.2) is 103 Å². The molecule has 1 aliphatic rings. The molecule has 38 heavy (non-hydrogen) atoms.